The van der Waals surface area contributed by atoms with Crippen molar-refractivity contribution in [3.8, 4) is 0 Å². The van der Waals surface area contributed by atoms with Crippen LogP contribution in [-0.4, -0.2) is 8.07 Å². The Balaban J connectivity index is 2.20. The first-order valence-electron chi connectivity index (χ1n) is 7.22. The molecule has 0 N–H and O–H groups in total. The van der Waals surface area contributed by atoms with Gasteiger partial charge in [0, 0.05) is 24.4 Å². The molecule has 108 valence electrons. The van der Waals surface area contributed by atoms with E-state index in [0.29, 0.717) is 0 Å². The van der Waals surface area contributed by atoms with E-state index in [1.165, 1.54) is 25.4 Å². The Labute approximate surface area is 136 Å². The van der Waals surface area contributed by atoms with Crippen LogP contribution in [0.2, 0.25) is 19.6 Å². The van der Waals surface area contributed by atoms with Gasteiger partial charge in [0.1, 0.15) is 0 Å². The van der Waals surface area contributed by atoms with Crippen LogP contribution in [0, 0.1) is 6.92 Å². The fourth-order valence-electron chi connectivity index (χ4n) is 2.39. The minimum Gasteiger partial charge on any atom is -0.144 e. The Kier molecular flexibility index (Phi) is 3.99. The third-order valence-corrected chi connectivity index (χ3v) is 9.63. The average Bonchev–Trinajstić information content (AvgIpc) is 2.78. The Morgan fingerprint density at radius 2 is 1.67 bits per heavy atom. The molecule has 1 aromatic heterocycles. The Morgan fingerprint density at radius 3 is 2.33 bits per heavy atom. The van der Waals surface area contributed by atoms with Crippen LogP contribution in [0.5, 0.6) is 0 Å². The van der Waals surface area contributed by atoms with Crippen molar-refractivity contribution in [2.45, 2.75) is 36.4 Å². The number of benzene rings is 2. The summed E-state index contributed by atoms with van der Waals surface area (Å²) in [6, 6.07) is 17.6. The van der Waals surface area contributed by atoms with Crippen LogP contribution >= 0.6 is 23.1 Å². The summed E-state index contributed by atoms with van der Waals surface area (Å²) < 4.78 is 3.05. The summed E-state index contributed by atoms with van der Waals surface area (Å²) in [6.07, 6.45) is 0. The highest BCUT2D eigenvalue weighted by molar-refractivity contribution is 8.00. The number of fused-ring (bicyclic) bond motifs is 1. The molecule has 3 heteroatoms. The van der Waals surface area contributed by atoms with Crippen molar-refractivity contribution in [3.63, 3.8) is 0 Å². The van der Waals surface area contributed by atoms with Crippen molar-refractivity contribution in [1.29, 1.82) is 0 Å². The van der Waals surface area contributed by atoms with Gasteiger partial charge in [-0.05, 0) is 31.2 Å². The van der Waals surface area contributed by atoms with Crippen LogP contribution in [0.1, 0.15) is 5.56 Å². The summed E-state index contributed by atoms with van der Waals surface area (Å²) in [5.74, 6) is 0. The van der Waals surface area contributed by atoms with E-state index in [4.69, 9.17) is 0 Å². The molecule has 0 aliphatic carbocycles. The van der Waals surface area contributed by atoms with E-state index in [-0.39, 0.29) is 0 Å². The quantitative estimate of drug-likeness (QED) is 0.539. The molecule has 0 spiro atoms. The fraction of sp³-hybridized carbons (Fsp3) is 0.222. The molecule has 2 aromatic carbocycles. The van der Waals surface area contributed by atoms with Gasteiger partial charge in [0.2, 0.25) is 0 Å². The zero-order chi connectivity index (χ0) is 15.0. The Morgan fingerprint density at radius 1 is 0.952 bits per heavy atom. The van der Waals surface area contributed by atoms with Crippen LogP contribution in [0.4, 0.5) is 0 Å². The van der Waals surface area contributed by atoms with Crippen molar-refractivity contribution >= 4 is 45.8 Å². The topological polar surface area (TPSA) is 0 Å². The van der Waals surface area contributed by atoms with Gasteiger partial charge >= 0.3 is 0 Å². The van der Waals surface area contributed by atoms with Crippen molar-refractivity contribution in [2.75, 3.05) is 0 Å². The van der Waals surface area contributed by atoms with Gasteiger partial charge in [0.25, 0.3) is 0 Å². The van der Waals surface area contributed by atoms with Crippen LogP contribution in [0.15, 0.2) is 58.3 Å². The van der Waals surface area contributed by atoms with E-state index in [9.17, 15) is 0 Å². The molecule has 3 rings (SSSR count). The summed E-state index contributed by atoms with van der Waals surface area (Å²) in [4.78, 5) is 2.82. The number of hydrogen-bond acceptors (Lipinski definition) is 2. The Bertz CT molecular complexity index is 767. The Hall–Kier alpha value is -1.03. The van der Waals surface area contributed by atoms with E-state index in [0.717, 1.165) is 0 Å². The van der Waals surface area contributed by atoms with Crippen molar-refractivity contribution in [3.05, 3.63) is 54.1 Å². The van der Waals surface area contributed by atoms with Crippen molar-refractivity contribution < 1.29 is 0 Å². The van der Waals surface area contributed by atoms with Gasteiger partial charge in [-0.15, -0.1) is 11.3 Å². The highest BCUT2D eigenvalue weighted by Crippen LogP contribution is 2.38. The molecular weight excluding hydrogens is 308 g/mol. The normalized spacial score (nSPS) is 12.0. The number of aryl methyl sites for hydroxylation is 1. The van der Waals surface area contributed by atoms with Gasteiger partial charge < -0.3 is 0 Å². The summed E-state index contributed by atoms with van der Waals surface area (Å²) >= 11 is 3.93. The lowest BCUT2D eigenvalue weighted by atomic mass is 10.2. The molecule has 0 saturated carbocycles. The molecule has 0 amide bonds. The maximum absolute atomic E-state index is 2.44. The molecule has 1 heterocycles. The minimum atomic E-state index is -1.33. The minimum absolute atomic E-state index is 1.33. The molecule has 21 heavy (non-hydrogen) atoms. The molecular formula is C18H20S2Si. The molecule has 0 atom stereocenters. The first-order chi connectivity index (χ1) is 9.95. The van der Waals surface area contributed by atoms with Crippen LogP contribution in [0.25, 0.3) is 10.1 Å². The monoisotopic (exact) mass is 328 g/mol. The predicted octanol–water partition coefficient (Wildman–Crippen LogP) is 5.91. The highest BCUT2D eigenvalue weighted by atomic mass is 32.2. The van der Waals surface area contributed by atoms with E-state index in [1.807, 2.05) is 23.1 Å². The SMILES string of the molecule is Cc1ccc2sc([Si](C)(C)C)c(Sc3ccccc3)c2c1. The first-order valence-corrected chi connectivity index (χ1v) is 12.3. The number of hydrogen-bond donors (Lipinski definition) is 0. The molecule has 3 aromatic rings. The zero-order valence-corrected chi connectivity index (χ0v) is 15.6. The fourth-order valence-corrected chi connectivity index (χ4v) is 7.88. The van der Waals surface area contributed by atoms with Gasteiger partial charge in [0.05, 0.1) is 8.07 Å². The van der Waals surface area contributed by atoms with Crippen LogP contribution in [0.3, 0.4) is 0 Å². The van der Waals surface area contributed by atoms with Crippen molar-refractivity contribution in [2.24, 2.45) is 0 Å². The second-order valence-corrected chi connectivity index (χ2v) is 13.9. The summed E-state index contributed by atoms with van der Waals surface area (Å²) in [7, 11) is -1.33. The predicted molar refractivity (Wildman–Crippen MR) is 100 cm³/mol. The molecule has 0 aliphatic heterocycles. The van der Waals surface area contributed by atoms with Gasteiger partial charge in [-0.2, -0.15) is 0 Å². The second kappa shape index (κ2) is 5.63. The molecule has 0 aliphatic rings. The lowest BCUT2D eigenvalue weighted by molar-refractivity contribution is 1.45. The summed E-state index contributed by atoms with van der Waals surface area (Å²) in [5.41, 5.74) is 1.34. The second-order valence-electron chi connectivity index (χ2n) is 6.43. The number of rotatable bonds is 3. The molecule has 0 fully saturated rings. The third-order valence-electron chi connectivity index (χ3n) is 3.44. The zero-order valence-electron chi connectivity index (χ0n) is 12.9. The van der Waals surface area contributed by atoms with Gasteiger partial charge in [-0.3, -0.25) is 0 Å². The van der Waals surface area contributed by atoms with Crippen molar-refractivity contribution in [1.82, 2.24) is 0 Å². The molecule has 0 radical (unpaired) electrons. The summed E-state index contributed by atoms with van der Waals surface area (Å²) in [6.45, 7) is 9.52. The highest BCUT2D eigenvalue weighted by Gasteiger charge is 2.25. The third kappa shape index (κ3) is 3.10. The average molecular weight is 329 g/mol. The largest absolute Gasteiger partial charge is 0.144 e. The van der Waals surface area contributed by atoms with Gasteiger partial charge in [-0.25, -0.2) is 0 Å². The maximum atomic E-state index is 2.44. The van der Waals surface area contributed by atoms with E-state index < -0.39 is 8.07 Å². The molecule has 0 nitrogen and oxygen atoms in total. The standard InChI is InChI=1S/C18H20S2Si/c1-13-10-11-16-15(12-13)17(18(20-16)21(2,3)4)19-14-8-6-5-7-9-14/h5-12H,1-4H3. The lowest BCUT2D eigenvalue weighted by Crippen LogP contribution is -2.36. The van der Waals surface area contributed by atoms with Gasteiger partial charge in [-0.1, -0.05) is 61.2 Å². The number of thiophene rings is 1. The van der Waals surface area contributed by atoms with E-state index >= 15 is 0 Å². The van der Waals surface area contributed by atoms with E-state index in [2.05, 4.69) is 75.1 Å². The lowest BCUT2D eigenvalue weighted by Gasteiger charge is -2.16. The van der Waals surface area contributed by atoms with Gasteiger partial charge in [0.15, 0.2) is 0 Å². The first kappa shape index (κ1) is 14.9. The molecule has 0 unspecified atom stereocenters. The summed E-state index contributed by atoms with van der Waals surface area (Å²) in [5, 5.41) is 1.44. The smallest absolute Gasteiger partial charge is 0.0919 e. The van der Waals surface area contributed by atoms with Crippen LogP contribution < -0.4 is 4.50 Å². The van der Waals surface area contributed by atoms with E-state index in [1.54, 1.807) is 4.50 Å². The molecule has 0 saturated heterocycles. The molecule has 0 bridgehead atoms. The van der Waals surface area contributed by atoms with Crippen LogP contribution in [-0.2, 0) is 0 Å². The maximum Gasteiger partial charge on any atom is 0.0919 e.